The second-order valence-electron chi connectivity index (χ2n) is 3.93. The first kappa shape index (κ1) is 13.8. The van der Waals surface area contributed by atoms with E-state index in [4.69, 9.17) is 9.47 Å². The highest BCUT2D eigenvalue weighted by molar-refractivity contribution is 5.42. The van der Waals surface area contributed by atoms with Gasteiger partial charge in [-0.05, 0) is 38.5 Å². The molecule has 0 heterocycles. The molecule has 3 heteroatoms. The molecule has 0 bridgehead atoms. The molecule has 0 radical (unpaired) electrons. The van der Waals surface area contributed by atoms with E-state index in [1.165, 1.54) is 12.0 Å². The number of hydrogen-bond donors (Lipinski definition) is 1. The summed E-state index contributed by atoms with van der Waals surface area (Å²) in [6, 6.07) is 6.20. The summed E-state index contributed by atoms with van der Waals surface area (Å²) in [5.74, 6) is 1.70. The lowest BCUT2D eigenvalue weighted by Crippen LogP contribution is -2.82. The maximum Gasteiger partial charge on any atom is 0.161 e. The predicted octanol–water partition coefficient (Wildman–Crippen LogP) is 1.96. The SMILES string of the molecule is CCC[NH2+]Cc1ccc(OCC)c(OCC)c1. The molecule has 0 saturated carbocycles. The van der Waals surface area contributed by atoms with Gasteiger partial charge in [0.05, 0.1) is 19.8 Å². The van der Waals surface area contributed by atoms with Crippen molar-refractivity contribution in [2.75, 3.05) is 19.8 Å². The van der Waals surface area contributed by atoms with Crippen molar-refractivity contribution in [1.82, 2.24) is 0 Å². The van der Waals surface area contributed by atoms with Crippen LogP contribution in [-0.2, 0) is 6.54 Å². The van der Waals surface area contributed by atoms with Crippen LogP contribution in [0.15, 0.2) is 18.2 Å². The maximum atomic E-state index is 5.60. The lowest BCUT2D eigenvalue weighted by molar-refractivity contribution is -0.670. The monoisotopic (exact) mass is 238 g/mol. The van der Waals surface area contributed by atoms with E-state index < -0.39 is 0 Å². The second-order valence-corrected chi connectivity index (χ2v) is 3.93. The Balaban J connectivity index is 2.70. The highest BCUT2D eigenvalue weighted by Crippen LogP contribution is 2.28. The third-order valence-corrected chi connectivity index (χ3v) is 2.48. The van der Waals surface area contributed by atoms with Crippen LogP contribution in [0.25, 0.3) is 0 Å². The van der Waals surface area contributed by atoms with Crippen LogP contribution < -0.4 is 14.8 Å². The summed E-state index contributed by atoms with van der Waals surface area (Å²) >= 11 is 0. The molecule has 1 rings (SSSR count). The van der Waals surface area contributed by atoms with Crippen LogP contribution in [-0.4, -0.2) is 19.8 Å². The average Bonchev–Trinajstić information content (AvgIpc) is 2.33. The Labute approximate surface area is 104 Å². The standard InChI is InChI=1S/C14H23NO2/c1-4-9-15-11-12-7-8-13(16-5-2)14(10-12)17-6-3/h7-8,10,15H,4-6,9,11H2,1-3H3/p+1. The Hall–Kier alpha value is -1.22. The van der Waals surface area contributed by atoms with Crippen molar-refractivity contribution >= 4 is 0 Å². The van der Waals surface area contributed by atoms with Gasteiger partial charge < -0.3 is 14.8 Å². The van der Waals surface area contributed by atoms with Crippen molar-refractivity contribution < 1.29 is 14.8 Å². The number of rotatable bonds is 8. The van der Waals surface area contributed by atoms with Crippen molar-refractivity contribution in [2.24, 2.45) is 0 Å². The molecule has 1 aromatic rings. The second kappa shape index (κ2) is 7.96. The molecular weight excluding hydrogens is 214 g/mol. The Morgan fingerprint density at radius 1 is 1.00 bits per heavy atom. The Morgan fingerprint density at radius 3 is 2.35 bits per heavy atom. The summed E-state index contributed by atoms with van der Waals surface area (Å²) in [5.41, 5.74) is 1.28. The highest BCUT2D eigenvalue weighted by Gasteiger charge is 2.06. The molecule has 1 aromatic carbocycles. The summed E-state index contributed by atoms with van der Waals surface area (Å²) in [7, 11) is 0. The average molecular weight is 238 g/mol. The van der Waals surface area contributed by atoms with Crippen LogP contribution in [0.3, 0.4) is 0 Å². The van der Waals surface area contributed by atoms with E-state index >= 15 is 0 Å². The van der Waals surface area contributed by atoms with Gasteiger partial charge in [-0.25, -0.2) is 0 Å². The van der Waals surface area contributed by atoms with Gasteiger partial charge in [0, 0.05) is 5.56 Å². The molecule has 0 aromatic heterocycles. The molecule has 0 amide bonds. The van der Waals surface area contributed by atoms with Gasteiger partial charge in [-0.2, -0.15) is 0 Å². The van der Waals surface area contributed by atoms with Crippen molar-refractivity contribution in [2.45, 2.75) is 33.7 Å². The quantitative estimate of drug-likeness (QED) is 0.703. The first-order valence-electron chi connectivity index (χ1n) is 6.52. The molecule has 96 valence electrons. The summed E-state index contributed by atoms with van der Waals surface area (Å²) < 4.78 is 11.1. The molecule has 3 nitrogen and oxygen atoms in total. The van der Waals surface area contributed by atoms with Crippen LogP contribution in [0.4, 0.5) is 0 Å². The molecule has 0 saturated heterocycles. The van der Waals surface area contributed by atoms with E-state index in [0.717, 1.165) is 24.6 Å². The smallest absolute Gasteiger partial charge is 0.161 e. The summed E-state index contributed by atoms with van der Waals surface area (Å²) in [5, 5.41) is 2.31. The number of nitrogens with two attached hydrogens (primary N) is 1. The molecular formula is C14H24NO2+. The van der Waals surface area contributed by atoms with Crippen LogP contribution in [0.2, 0.25) is 0 Å². The molecule has 0 aliphatic rings. The first-order chi connectivity index (χ1) is 8.31. The zero-order valence-electron chi connectivity index (χ0n) is 11.2. The molecule has 17 heavy (non-hydrogen) atoms. The maximum absolute atomic E-state index is 5.60. The molecule has 2 N–H and O–H groups in total. The number of hydrogen-bond acceptors (Lipinski definition) is 2. The van der Waals surface area contributed by atoms with Crippen LogP contribution in [0.1, 0.15) is 32.8 Å². The minimum atomic E-state index is 0.668. The van der Waals surface area contributed by atoms with Gasteiger partial charge >= 0.3 is 0 Å². The third-order valence-electron chi connectivity index (χ3n) is 2.48. The van der Waals surface area contributed by atoms with E-state index in [0.29, 0.717) is 13.2 Å². The van der Waals surface area contributed by atoms with Crippen LogP contribution >= 0.6 is 0 Å². The number of quaternary nitrogens is 1. The molecule has 0 fully saturated rings. The van der Waals surface area contributed by atoms with Crippen molar-refractivity contribution in [1.29, 1.82) is 0 Å². The molecule has 0 aliphatic carbocycles. The first-order valence-corrected chi connectivity index (χ1v) is 6.52. The lowest BCUT2D eigenvalue weighted by Gasteiger charge is -2.11. The highest BCUT2D eigenvalue weighted by atomic mass is 16.5. The van der Waals surface area contributed by atoms with Gasteiger partial charge in [-0.15, -0.1) is 0 Å². The Bertz CT molecular complexity index is 326. The van der Waals surface area contributed by atoms with Gasteiger partial charge in [-0.1, -0.05) is 6.92 Å². The van der Waals surface area contributed by atoms with Crippen LogP contribution in [0, 0.1) is 0 Å². The number of benzene rings is 1. The van der Waals surface area contributed by atoms with Crippen molar-refractivity contribution in [3.63, 3.8) is 0 Å². The minimum Gasteiger partial charge on any atom is -0.490 e. The third kappa shape index (κ3) is 4.65. The van der Waals surface area contributed by atoms with E-state index in [1.54, 1.807) is 0 Å². The zero-order chi connectivity index (χ0) is 12.5. The van der Waals surface area contributed by atoms with Gasteiger partial charge in [0.15, 0.2) is 11.5 Å². The van der Waals surface area contributed by atoms with E-state index in [-0.39, 0.29) is 0 Å². The predicted molar refractivity (Wildman–Crippen MR) is 69.6 cm³/mol. The van der Waals surface area contributed by atoms with Crippen molar-refractivity contribution in [3.05, 3.63) is 23.8 Å². The van der Waals surface area contributed by atoms with Crippen LogP contribution in [0.5, 0.6) is 11.5 Å². The zero-order valence-corrected chi connectivity index (χ0v) is 11.2. The molecule has 0 spiro atoms. The number of ether oxygens (including phenoxy) is 2. The summed E-state index contributed by atoms with van der Waals surface area (Å²) in [6.45, 7) is 9.67. The summed E-state index contributed by atoms with van der Waals surface area (Å²) in [6.07, 6.45) is 1.20. The topological polar surface area (TPSA) is 35.1 Å². The fraction of sp³-hybridized carbons (Fsp3) is 0.571. The van der Waals surface area contributed by atoms with Gasteiger partial charge in [0.1, 0.15) is 6.54 Å². The summed E-state index contributed by atoms with van der Waals surface area (Å²) in [4.78, 5) is 0. The fourth-order valence-corrected chi connectivity index (χ4v) is 1.70. The van der Waals surface area contributed by atoms with Gasteiger partial charge in [0.2, 0.25) is 0 Å². The normalized spacial score (nSPS) is 10.3. The van der Waals surface area contributed by atoms with E-state index in [9.17, 15) is 0 Å². The van der Waals surface area contributed by atoms with Gasteiger partial charge in [-0.3, -0.25) is 0 Å². The minimum absolute atomic E-state index is 0.668. The van der Waals surface area contributed by atoms with Crippen molar-refractivity contribution in [3.8, 4) is 11.5 Å². The largest absolute Gasteiger partial charge is 0.490 e. The Kier molecular flexibility index (Phi) is 6.48. The van der Waals surface area contributed by atoms with E-state index in [2.05, 4.69) is 24.4 Å². The van der Waals surface area contributed by atoms with E-state index in [1.807, 2.05) is 19.9 Å². The molecule has 0 unspecified atom stereocenters. The Morgan fingerprint density at radius 2 is 1.71 bits per heavy atom. The fourth-order valence-electron chi connectivity index (χ4n) is 1.70. The molecule has 0 atom stereocenters. The molecule has 0 aliphatic heterocycles. The lowest BCUT2D eigenvalue weighted by atomic mass is 10.2. The van der Waals surface area contributed by atoms with Gasteiger partial charge in [0.25, 0.3) is 0 Å².